The van der Waals surface area contributed by atoms with Crippen molar-refractivity contribution >= 4 is 29.7 Å². The van der Waals surface area contributed by atoms with Crippen molar-refractivity contribution < 1.29 is 28.7 Å². The summed E-state index contributed by atoms with van der Waals surface area (Å²) >= 11 is 0. The molecule has 0 fully saturated rings. The Morgan fingerprint density at radius 3 is 2.50 bits per heavy atom. The second-order valence-electron chi connectivity index (χ2n) is 8.21. The molecule has 3 rings (SSSR count). The van der Waals surface area contributed by atoms with Gasteiger partial charge in [-0.25, -0.2) is 4.79 Å². The molecule has 2 aliphatic rings. The molecule has 0 aromatic heterocycles. The minimum atomic E-state index is -1.01. The van der Waals surface area contributed by atoms with Crippen LogP contribution in [0.15, 0.2) is 41.4 Å². The van der Waals surface area contributed by atoms with E-state index in [1.807, 2.05) is 0 Å². The smallest absolute Gasteiger partial charge is 0.328 e. The van der Waals surface area contributed by atoms with Crippen LogP contribution in [0.4, 0.5) is 0 Å². The van der Waals surface area contributed by atoms with Crippen LogP contribution in [-0.2, 0) is 30.3 Å². The summed E-state index contributed by atoms with van der Waals surface area (Å²) in [6, 6.07) is 4.20. The normalized spacial score (nSPS) is 21.7. The molecule has 0 spiro atoms. The standard InChI is InChI=1S/C24H34N6O6/c1-15(31)28-20-14-16-8-10-17(11-9-16)36-13-4-3-6-19(23(34)35-2)30-21(32)18(29-22(20)33)7-5-12-27-24(25)26/h3-4,8-11,18-20H,5-7,12-14H2,1-2H3,(H,28,31)(H,29,33)(H,30,32)(H4,25,26,27)/b4-3-/t18-,19-,20-/m0/s1. The third-order valence-electron chi connectivity index (χ3n) is 5.32. The third kappa shape index (κ3) is 9.65. The summed E-state index contributed by atoms with van der Waals surface area (Å²) in [5, 5.41) is 7.97. The number of esters is 1. The van der Waals surface area contributed by atoms with Crippen LogP contribution in [0.5, 0.6) is 5.75 Å². The lowest BCUT2D eigenvalue weighted by molar-refractivity contribution is -0.145. The highest BCUT2D eigenvalue weighted by Crippen LogP contribution is 2.14. The number of rotatable bonds is 6. The van der Waals surface area contributed by atoms with Crippen molar-refractivity contribution in [2.24, 2.45) is 16.5 Å². The Morgan fingerprint density at radius 2 is 1.86 bits per heavy atom. The van der Waals surface area contributed by atoms with E-state index in [-0.39, 0.29) is 38.4 Å². The molecular weight excluding hydrogens is 468 g/mol. The van der Waals surface area contributed by atoms with Gasteiger partial charge in [-0.1, -0.05) is 24.3 Å². The van der Waals surface area contributed by atoms with E-state index < -0.39 is 41.8 Å². The number of fused-ring (bicyclic) bond motifs is 13. The second kappa shape index (κ2) is 14.3. The maximum absolute atomic E-state index is 13.2. The Balaban J connectivity index is 2.34. The largest absolute Gasteiger partial charge is 0.490 e. The number of methoxy groups -OCH3 is 1. The fourth-order valence-electron chi connectivity index (χ4n) is 3.53. The second-order valence-corrected chi connectivity index (χ2v) is 8.21. The highest BCUT2D eigenvalue weighted by atomic mass is 16.5. The minimum absolute atomic E-state index is 0.0874. The van der Waals surface area contributed by atoms with E-state index in [1.54, 1.807) is 36.4 Å². The van der Waals surface area contributed by atoms with Crippen LogP contribution in [0, 0.1) is 0 Å². The van der Waals surface area contributed by atoms with Crippen molar-refractivity contribution in [1.29, 1.82) is 0 Å². The number of hydrogen-bond acceptors (Lipinski definition) is 7. The molecule has 0 saturated carbocycles. The molecule has 36 heavy (non-hydrogen) atoms. The molecule has 0 unspecified atom stereocenters. The molecule has 2 bridgehead atoms. The van der Waals surface area contributed by atoms with Gasteiger partial charge in [-0.2, -0.15) is 0 Å². The first-order chi connectivity index (χ1) is 17.2. The van der Waals surface area contributed by atoms with Crippen LogP contribution in [0.1, 0.15) is 31.7 Å². The van der Waals surface area contributed by atoms with E-state index >= 15 is 0 Å². The summed E-state index contributed by atoms with van der Waals surface area (Å²) in [5.74, 6) is -1.63. The molecule has 2 heterocycles. The van der Waals surface area contributed by atoms with Crippen LogP contribution in [0.3, 0.4) is 0 Å². The average molecular weight is 503 g/mol. The number of benzene rings is 1. The number of nitrogens with two attached hydrogens (primary N) is 2. The summed E-state index contributed by atoms with van der Waals surface area (Å²) in [6.07, 6.45) is 4.35. The van der Waals surface area contributed by atoms with Crippen LogP contribution in [0.2, 0.25) is 0 Å². The van der Waals surface area contributed by atoms with Gasteiger partial charge in [0.15, 0.2) is 5.96 Å². The van der Waals surface area contributed by atoms with Crippen molar-refractivity contribution in [3.63, 3.8) is 0 Å². The molecule has 196 valence electrons. The number of aliphatic imine (C=N–C) groups is 1. The van der Waals surface area contributed by atoms with Gasteiger partial charge in [0.1, 0.15) is 30.5 Å². The number of guanidine groups is 1. The summed E-state index contributed by atoms with van der Waals surface area (Å²) in [5.41, 5.74) is 11.5. The van der Waals surface area contributed by atoms with E-state index in [9.17, 15) is 19.2 Å². The molecule has 12 nitrogen and oxygen atoms in total. The fraction of sp³-hybridized carbons (Fsp3) is 0.458. The average Bonchev–Trinajstić information content (AvgIpc) is 2.84. The number of carbonyl (C=O) groups excluding carboxylic acids is 4. The number of hydrogen-bond donors (Lipinski definition) is 5. The van der Waals surface area contributed by atoms with Gasteiger partial charge in [-0.05, 0) is 37.0 Å². The lowest BCUT2D eigenvalue weighted by Gasteiger charge is -2.24. The van der Waals surface area contributed by atoms with Gasteiger partial charge in [-0.15, -0.1) is 0 Å². The van der Waals surface area contributed by atoms with Gasteiger partial charge in [0, 0.05) is 19.9 Å². The molecular formula is C24H34N6O6. The van der Waals surface area contributed by atoms with Crippen LogP contribution in [-0.4, -0.2) is 68.0 Å². The Kier molecular flexibility index (Phi) is 11.2. The van der Waals surface area contributed by atoms with Crippen LogP contribution in [0.25, 0.3) is 0 Å². The predicted octanol–water partition coefficient (Wildman–Crippen LogP) is -0.731. The fourth-order valence-corrected chi connectivity index (χ4v) is 3.53. The van der Waals surface area contributed by atoms with Gasteiger partial charge in [-0.3, -0.25) is 19.4 Å². The van der Waals surface area contributed by atoms with Crippen molar-refractivity contribution in [2.75, 3.05) is 20.3 Å². The SMILES string of the molecule is COC(=O)[C@@H]1C/C=C\COc2ccc(cc2)C[C@H](NC(C)=O)C(=O)N[C@@H](CCCN=C(N)N)C(=O)N1. The summed E-state index contributed by atoms with van der Waals surface area (Å²) in [7, 11) is 1.22. The van der Waals surface area contributed by atoms with Crippen LogP contribution >= 0.6 is 0 Å². The first kappa shape index (κ1) is 28.1. The number of carbonyl (C=O) groups is 4. The molecule has 2 aliphatic heterocycles. The highest BCUT2D eigenvalue weighted by Gasteiger charge is 2.29. The van der Waals surface area contributed by atoms with E-state index in [4.69, 9.17) is 20.9 Å². The highest BCUT2D eigenvalue weighted by molar-refractivity contribution is 5.93. The molecule has 0 radical (unpaired) electrons. The minimum Gasteiger partial charge on any atom is -0.490 e. The summed E-state index contributed by atoms with van der Waals surface area (Å²) in [6.45, 7) is 1.80. The van der Waals surface area contributed by atoms with E-state index in [2.05, 4.69) is 20.9 Å². The number of ether oxygens (including phenoxy) is 2. The van der Waals surface area contributed by atoms with Gasteiger partial charge in [0.25, 0.3) is 0 Å². The topological polar surface area (TPSA) is 187 Å². The Hall–Kier alpha value is -4.09. The maximum atomic E-state index is 13.2. The zero-order chi connectivity index (χ0) is 26.5. The van der Waals surface area contributed by atoms with Crippen molar-refractivity contribution in [1.82, 2.24) is 16.0 Å². The molecule has 3 amide bonds. The lowest BCUT2D eigenvalue weighted by atomic mass is 10.0. The molecule has 0 saturated heterocycles. The summed E-state index contributed by atoms with van der Waals surface area (Å²) < 4.78 is 10.5. The predicted molar refractivity (Wildman–Crippen MR) is 133 cm³/mol. The quantitative estimate of drug-likeness (QED) is 0.111. The molecule has 0 aliphatic carbocycles. The van der Waals surface area contributed by atoms with Crippen molar-refractivity contribution in [2.45, 2.75) is 50.7 Å². The van der Waals surface area contributed by atoms with Gasteiger partial charge >= 0.3 is 5.97 Å². The van der Waals surface area contributed by atoms with E-state index in [0.717, 1.165) is 5.56 Å². The van der Waals surface area contributed by atoms with Crippen molar-refractivity contribution in [3.8, 4) is 5.75 Å². The number of amides is 3. The Labute approximate surface area is 209 Å². The maximum Gasteiger partial charge on any atom is 0.328 e. The zero-order valence-electron chi connectivity index (χ0n) is 20.5. The first-order valence-corrected chi connectivity index (χ1v) is 11.6. The zero-order valence-corrected chi connectivity index (χ0v) is 20.5. The number of nitrogens with zero attached hydrogens (tertiary/aromatic N) is 1. The number of nitrogens with one attached hydrogen (secondary N) is 3. The molecule has 3 atom stereocenters. The Morgan fingerprint density at radius 1 is 1.14 bits per heavy atom. The van der Waals surface area contributed by atoms with E-state index in [1.165, 1.54) is 14.0 Å². The summed E-state index contributed by atoms with van der Waals surface area (Å²) in [4.78, 5) is 54.3. The molecule has 12 heteroatoms. The van der Waals surface area contributed by atoms with Gasteiger partial charge < -0.3 is 36.9 Å². The monoisotopic (exact) mass is 502 g/mol. The third-order valence-corrected chi connectivity index (χ3v) is 5.32. The molecule has 7 N–H and O–H groups in total. The molecule has 1 aromatic rings. The van der Waals surface area contributed by atoms with Crippen molar-refractivity contribution in [3.05, 3.63) is 42.0 Å². The first-order valence-electron chi connectivity index (χ1n) is 11.6. The Bertz CT molecular complexity index is 974. The van der Waals surface area contributed by atoms with E-state index in [0.29, 0.717) is 12.2 Å². The van der Waals surface area contributed by atoms with Gasteiger partial charge in [0.2, 0.25) is 17.7 Å². The van der Waals surface area contributed by atoms with Gasteiger partial charge in [0.05, 0.1) is 7.11 Å². The van der Waals surface area contributed by atoms with Crippen LogP contribution < -0.4 is 32.2 Å². The lowest BCUT2D eigenvalue weighted by Crippen LogP contribution is -2.56. The molecule has 1 aromatic carbocycles.